The molecule has 2 aliphatic heterocycles. The Hall–Kier alpha value is -2.00. The van der Waals surface area contributed by atoms with E-state index in [4.69, 9.17) is 22.4 Å². The first-order chi connectivity index (χ1) is 15.2. The van der Waals surface area contributed by atoms with Gasteiger partial charge in [0.2, 0.25) is 10.0 Å². The third-order valence-corrected chi connectivity index (χ3v) is 8.00. The van der Waals surface area contributed by atoms with Gasteiger partial charge < -0.3 is 16.0 Å². The molecular formula is C19H30F2N8O2S2. The highest BCUT2D eigenvalue weighted by atomic mass is 32.2. The first-order valence-corrected chi connectivity index (χ1v) is 12.7. The van der Waals surface area contributed by atoms with Gasteiger partial charge in [-0.1, -0.05) is 0 Å². The van der Waals surface area contributed by atoms with Crippen molar-refractivity contribution in [2.24, 2.45) is 11.6 Å². The summed E-state index contributed by atoms with van der Waals surface area (Å²) in [6.45, 7) is 6.86. The van der Waals surface area contributed by atoms with E-state index in [-0.39, 0.29) is 40.1 Å². The summed E-state index contributed by atoms with van der Waals surface area (Å²) < 4.78 is 54.5. The maximum absolute atomic E-state index is 13.1. The molecule has 8 N–H and O–H groups in total. The van der Waals surface area contributed by atoms with Gasteiger partial charge in [-0.3, -0.25) is 15.8 Å². The topological polar surface area (TPSA) is 164 Å². The van der Waals surface area contributed by atoms with E-state index in [1.165, 1.54) is 17.2 Å². The van der Waals surface area contributed by atoms with E-state index in [9.17, 15) is 17.2 Å². The second-order valence-electron chi connectivity index (χ2n) is 8.85. The lowest BCUT2D eigenvalue weighted by atomic mass is 10.1. The van der Waals surface area contributed by atoms with Gasteiger partial charge in [0, 0.05) is 36.8 Å². The number of nitrogens with one attached hydrogen (secondary N) is 4. The van der Waals surface area contributed by atoms with E-state index in [0.717, 1.165) is 0 Å². The lowest BCUT2D eigenvalue weighted by molar-refractivity contribution is 0.167. The van der Waals surface area contributed by atoms with Crippen LogP contribution in [0.3, 0.4) is 0 Å². The Balaban J connectivity index is 2.04. The fourth-order valence-electron chi connectivity index (χ4n) is 3.69. The van der Waals surface area contributed by atoms with Gasteiger partial charge >= 0.3 is 0 Å². The Labute approximate surface area is 196 Å². The molecule has 3 aliphatic rings. The van der Waals surface area contributed by atoms with Crippen LogP contribution in [-0.2, 0) is 10.0 Å². The Morgan fingerprint density at radius 3 is 2.36 bits per heavy atom. The number of hydrazine groups is 1. The number of sulfonamides is 1. The number of allylic oxidation sites excluding steroid dienone is 2. The number of nitrogens with zero attached hydrogens (tertiary/aromatic N) is 2. The molecule has 0 unspecified atom stereocenters. The molecule has 0 amide bonds. The number of nitrogens with two attached hydrogens (primary N) is 2. The fraction of sp³-hybridized carbons (Fsp3) is 0.579. The summed E-state index contributed by atoms with van der Waals surface area (Å²) in [5, 5.41) is 18.4. The number of hydrogen-bond donors (Lipinski definition) is 6. The van der Waals surface area contributed by atoms with E-state index < -0.39 is 32.1 Å². The minimum absolute atomic E-state index is 0.0211. The average molecular weight is 505 g/mol. The van der Waals surface area contributed by atoms with Crippen LogP contribution in [0.25, 0.3) is 0 Å². The normalized spacial score (nSPS) is 26.6. The molecule has 1 saturated carbocycles. The molecule has 10 nitrogen and oxygen atoms in total. The summed E-state index contributed by atoms with van der Waals surface area (Å²) in [7, 11) is -3.95. The van der Waals surface area contributed by atoms with Gasteiger partial charge in [-0.15, -0.1) is 0 Å². The maximum Gasteiger partial charge on any atom is 0.285 e. The molecule has 0 spiro atoms. The zero-order valence-electron chi connectivity index (χ0n) is 18.7. The van der Waals surface area contributed by atoms with Gasteiger partial charge in [0.05, 0.1) is 16.3 Å². The first kappa shape index (κ1) is 25.6. The molecule has 184 valence electrons. The second kappa shape index (κ2) is 9.33. The summed E-state index contributed by atoms with van der Waals surface area (Å²) in [6.07, 6.45) is 1.06. The standard InChI is InChI=1S/C19H30F2N8O2S2/c1-10-8-28(9-11(2)26-10)14-7-12(33(30,31)27-19(3)4-5-19)6-13(29(14)25)15(22)17(23)32-18(24)16(20)21/h6-7,10-11,16,23-24,26-27H,4-5,8-9,22,25H2,1-3H3/b15-13-,23-17?,24-18?/t10-,11-/m0/s1. The molecule has 0 aromatic rings. The van der Waals surface area contributed by atoms with Crippen LogP contribution >= 0.6 is 11.8 Å². The number of thioether (sulfide) groups is 1. The summed E-state index contributed by atoms with van der Waals surface area (Å²) in [6, 6.07) is 0.199. The van der Waals surface area contributed by atoms with Crippen LogP contribution in [0.4, 0.5) is 8.78 Å². The highest BCUT2D eigenvalue weighted by Gasteiger charge is 2.42. The van der Waals surface area contributed by atoms with Gasteiger partial charge in [0.25, 0.3) is 6.43 Å². The molecule has 0 bridgehead atoms. The number of rotatable bonds is 6. The Morgan fingerprint density at radius 1 is 1.27 bits per heavy atom. The van der Waals surface area contributed by atoms with Crippen molar-refractivity contribution in [1.82, 2.24) is 19.9 Å². The van der Waals surface area contributed by atoms with Crippen LogP contribution in [0.5, 0.6) is 0 Å². The molecule has 2 fully saturated rings. The lowest BCUT2D eigenvalue weighted by Crippen LogP contribution is -2.56. The minimum atomic E-state index is -3.95. The lowest BCUT2D eigenvalue weighted by Gasteiger charge is -2.42. The zero-order valence-corrected chi connectivity index (χ0v) is 20.3. The largest absolute Gasteiger partial charge is 0.395 e. The van der Waals surface area contributed by atoms with Crippen molar-refractivity contribution >= 4 is 31.9 Å². The molecule has 0 aromatic carbocycles. The number of halogens is 2. The highest BCUT2D eigenvalue weighted by Crippen LogP contribution is 2.37. The highest BCUT2D eigenvalue weighted by molar-refractivity contribution is 8.26. The average Bonchev–Trinajstić information content (AvgIpc) is 3.42. The molecule has 1 aliphatic carbocycles. The van der Waals surface area contributed by atoms with Crippen molar-refractivity contribution < 1.29 is 17.2 Å². The summed E-state index contributed by atoms with van der Waals surface area (Å²) in [4.78, 5) is 1.82. The van der Waals surface area contributed by atoms with Gasteiger partial charge in [-0.05, 0) is 51.5 Å². The van der Waals surface area contributed by atoms with E-state index in [1.54, 1.807) is 6.92 Å². The second-order valence-corrected chi connectivity index (χ2v) is 11.6. The van der Waals surface area contributed by atoms with Crippen molar-refractivity contribution in [3.8, 4) is 0 Å². The van der Waals surface area contributed by atoms with Crippen LogP contribution in [0.15, 0.2) is 34.3 Å². The maximum atomic E-state index is 13.1. The molecule has 3 rings (SSSR count). The van der Waals surface area contributed by atoms with Crippen LogP contribution in [0, 0.1) is 10.8 Å². The molecule has 14 heteroatoms. The Kier molecular flexibility index (Phi) is 7.24. The SMILES string of the molecule is C[C@H]1CN(C2=CC(S(=O)(=O)NC3(C)CC3)=C/C(=C(/N)C(=N)SC(=N)C(F)F)N2N)C[C@H](C)N1. The third-order valence-electron chi connectivity index (χ3n) is 5.56. The Bertz CT molecular complexity index is 1030. The van der Waals surface area contributed by atoms with Crippen molar-refractivity contribution in [3.05, 3.63) is 34.3 Å². The molecule has 2 atom stereocenters. The van der Waals surface area contributed by atoms with Gasteiger partial charge in [-0.2, -0.15) is 0 Å². The van der Waals surface area contributed by atoms with Crippen molar-refractivity contribution in [1.29, 1.82) is 10.8 Å². The molecule has 0 aromatic heterocycles. The predicted octanol–water partition coefficient (Wildman–Crippen LogP) is 1.18. The quantitative estimate of drug-likeness (QED) is 0.178. The Morgan fingerprint density at radius 2 is 1.85 bits per heavy atom. The summed E-state index contributed by atoms with van der Waals surface area (Å²) in [5.41, 5.74) is 5.23. The summed E-state index contributed by atoms with van der Waals surface area (Å²) >= 11 is 0.192. The van der Waals surface area contributed by atoms with Crippen LogP contribution < -0.4 is 21.6 Å². The van der Waals surface area contributed by atoms with Crippen LogP contribution in [0.1, 0.15) is 33.6 Å². The van der Waals surface area contributed by atoms with Crippen molar-refractivity contribution in [2.45, 2.75) is 57.7 Å². The van der Waals surface area contributed by atoms with E-state index >= 15 is 0 Å². The van der Waals surface area contributed by atoms with E-state index in [0.29, 0.717) is 31.8 Å². The number of alkyl halides is 2. The number of hydrogen-bond acceptors (Lipinski definition) is 10. The molecule has 1 saturated heterocycles. The van der Waals surface area contributed by atoms with Crippen molar-refractivity contribution in [2.75, 3.05) is 13.1 Å². The molecule has 33 heavy (non-hydrogen) atoms. The van der Waals surface area contributed by atoms with Crippen LogP contribution in [0.2, 0.25) is 0 Å². The molecular weight excluding hydrogens is 474 g/mol. The summed E-state index contributed by atoms with van der Waals surface area (Å²) in [5.74, 6) is 6.68. The van der Waals surface area contributed by atoms with Crippen LogP contribution in [-0.4, -0.2) is 65.6 Å². The molecule has 0 radical (unpaired) electrons. The van der Waals surface area contributed by atoms with E-state index in [2.05, 4.69) is 10.0 Å². The third kappa shape index (κ3) is 5.93. The smallest absolute Gasteiger partial charge is 0.285 e. The zero-order chi connectivity index (χ0) is 24.7. The van der Waals surface area contributed by atoms with Gasteiger partial charge in [-0.25, -0.2) is 27.8 Å². The fourth-order valence-corrected chi connectivity index (χ4v) is 5.71. The van der Waals surface area contributed by atoms with Gasteiger partial charge in [0.15, 0.2) is 0 Å². The van der Waals surface area contributed by atoms with Crippen molar-refractivity contribution in [3.63, 3.8) is 0 Å². The predicted molar refractivity (Wildman–Crippen MR) is 126 cm³/mol. The van der Waals surface area contributed by atoms with Gasteiger partial charge in [0.1, 0.15) is 15.9 Å². The monoisotopic (exact) mass is 504 g/mol. The molecule has 2 heterocycles. The number of piperazine rings is 1. The minimum Gasteiger partial charge on any atom is -0.395 e. The first-order valence-electron chi connectivity index (χ1n) is 10.4. The van der Waals surface area contributed by atoms with E-state index in [1.807, 2.05) is 18.7 Å².